The fraction of sp³-hybridized carbons (Fsp3) is 0.120. The molecule has 37 heavy (non-hydrogen) atoms. The van der Waals surface area contributed by atoms with Crippen molar-refractivity contribution >= 4 is 40.9 Å². The highest BCUT2D eigenvalue weighted by Gasteiger charge is 2.14. The molecule has 0 bridgehead atoms. The lowest BCUT2D eigenvalue weighted by Crippen LogP contribution is -2.21. The lowest BCUT2D eigenvalue weighted by Gasteiger charge is -2.12. The van der Waals surface area contributed by atoms with Crippen molar-refractivity contribution in [3.05, 3.63) is 77.4 Å². The molecule has 2 heterocycles. The Morgan fingerprint density at radius 3 is 2.54 bits per heavy atom. The van der Waals surface area contributed by atoms with Crippen molar-refractivity contribution < 1.29 is 24.2 Å². The first-order valence-electron chi connectivity index (χ1n) is 11.0. The Bertz CT molecular complexity index is 1420. The van der Waals surface area contributed by atoms with E-state index in [1.807, 2.05) is 31.2 Å². The molecule has 4 rings (SSSR count). The molecule has 11 nitrogen and oxygen atoms in total. The van der Waals surface area contributed by atoms with Crippen molar-refractivity contribution in [2.45, 2.75) is 6.92 Å². The lowest BCUT2D eigenvalue weighted by molar-refractivity contribution is -0.119. The third-order valence-corrected chi connectivity index (χ3v) is 5.20. The Morgan fingerprint density at radius 1 is 1.03 bits per heavy atom. The molecule has 0 spiro atoms. The number of anilines is 3. The Morgan fingerprint density at radius 2 is 1.81 bits per heavy atom. The molecule has 0 saturated carbocycles. The molecule has 0 aliphatic heterocycles. The Labute approximate surface area is 217 Å². The fourth-order valence-corrected chi connectivity index (χ4v) is 3.48. The normalized spacial score (nSPS) is 10.6. The van der Waals surface area contributed by atoms with Gasteiger partial charge in [-0.1, -0.05) is 29.3 Å². The van der Waals surface area contributed by atoms with Gasteiger partial charge in [-0.3, -0.25) is 10.1 Å². The van der Waals surface area contributed by atoms with Crippen LogP contribution in [-0.2, 0) is 9.53 Å². The van der Waals surface area contributed by atoms with Gasteiger partial charge in [-0.2, -0.15) is 0 Å². The minimum absolute atomic E-state index is 0.101. The summed E-state index contributed by atoms with van der Waals surface area (Å²) in [5.74, 6) is 0.703. The molecule has 0 aliphatic carbocycles. The number of amides is 3. The standard InChI is InChI=1S/C25H23ClN6O5/c1-15-3-6-17(7-4-15)32-22(13-23(33)31-32)30-25(35)28-16-5-8-20(19(26)11-16)37-18-9-10-27-21(12-18)29-24(34)14-36-2/h3-13H,14H2,1-2H3,(H,31,33)(H,27,29,34)(H2,28,30,35). The number of pyridine rings is 1. The maximum absolute atomic E-state index is 12.6. The maximum Gasteiger partial charge on any atom is 0.324 e. The Kier molecular flexibility index (Phi) is 7.86. The van der Waals surface area contributed by atoms with Gasteiger partial charge in [0, 0.05) is 31.1 Å². The van der Waals surface area contributed by atoms with Crippen LogP contribution in [0.15, 0.2) is 66.9 Å². The molecule has 4 aromatic rings. The van der Waals surface area contributed by atoms with E-state index in [1.54, 1.807) is 18.2 Å². The lowest BCUT2D eigenvalue weighted by atomic mass is 10.2. The number of nitrogens with zero attached hydrogens (tertiary/aromatic N) is 3. The summed E-state index contributed by atoms with van der Waals surface area (Å²) in [6, 6.07) is 16.1. The van der Waals surface area contributed by atoms with E-state index in [4.69, 9.17) is 21.1 Å². The summed E-state index contributed by atoms with van der Waals surface area (Å²) in [6.45, 7) is 1.85. The summed E-state index contributed by atoms with van der Waals surface area (Å²) in [7, 11) is 1.42. The number of carbonyl (C=O) groups excluding carboxylic acids is 2. The van der Waals surface area contributed by atoms with Crippen molar-refractivity contribution in [2.24, 2.45) is 0 Å². The monoisotopic (exact) mass is 522 g/mol. The first kappa shape index (κ1) is 25.5. The van der Waals surface area contributed by atoms with Gasteiger partial charge in [-0.15, -0.1) is 5.10 Å². The van der Waals surface area contributed by atoms with E-state index in [9.17, 15) is 14.7 Å². The number of benzene rings is 2. The Balaban J connectivity index is 1.41. The summed E-state index contributed by atoms with van der Waals surface area (Å²) < 4.78 is 12.0. The quantitative estimate of drug-likeness (QED) is 0.256. The largest absolute Gasteiger partial charge is 0.492 e. The molecule has 2 aromatic heterocycles. The predicted molar refractivity (Wildman–Crippen MR) is 139 cm³/mol. The van der Waals surface area contributed by atoms with E-state index in [0.717, 1.165) is 5.56 Å². The van der Waals surface area contributed by atoms with Crippen LogP contribution in [0.2, 0.25) is 5.02 Å². The van der Waals surface area contributed by atoms with E-state index in [2.05, 4.69) is 26.0 Å². The maximum atomic E-state index is 12.6. The number of ether oxygens (including phenoxy) is 2. The second-order valence-corrected chi connectivity index (χ2v) is 8.23. The molecular weight excluding hydrogens is 500 g/mol. The van der Waals surface area contributed by atoms with E-state index in [-0.39, 0.29) is 29.2 Å². The van der Waals surface area contributed by atoms with Crippen LogP contribution in [-0.4, -0.2) is 45.5 Å². The number of aromatic hydroxyl groups is 1. The van der Waals surface area contributed by atoms with Crippen molar-refractivity contribution in [1.82, 2.24) is 14.8 Å². The van der Waals surface area contributed by atoms with Crippen LogP contribution in [0, 0.1) is 6.92 Å². The molecule has 0 aliphatic rings. The van der Waals surface area contributed by atoms with Gasteiger partial charge >= 0.3 is 6.03 Å². The Hall–Kier alpha value is -4.61. The number of halogens is 1. The van der Waals surface area contributed by atoms with Crippen molar-refractivity contribution in [3.8, 4) is 23.1 Å². The number of carbonyl (C=O) groups is 2. The van der Waals surface area contributed by atoms with Crippen LogP contribution >= 0.6 is 11.6 Å². The smallest absolute Gasteiger partial charge is 0.324 e. The number of aromatic nitrogens is 3. The minimum atomic E-state index is -0.566. The van der Waals surface area contributed by atoms with Crippen LogP contribution in [0.5, 0.6) is 17.4 Å². The number of aryl methyl sites for hydroxylation is 1. The van der Waals surface area contributed by atoms with Gasteiger partial charge in [-0.05, 0) is 43.3 Å². The molecule has 12 heteroatoms. The zero-order chi connectivity index (χ0) is 26.4. The molecule has 0 atom stereocenters. The predicted octanol–water partition coefficient (Wildman–Crippen LogP) is 4.96. The van der Waals surface area contributed by atoms with Gasteiger partial charge in [0.1, 0.15) is 29.7 Å². The van der Waals surface area contributed by atoms with Crippen LogP contribution in [0.4, 0.5) is 22.1 Å². The molecular formula is C25H23ClN6O5. The highest BCUT2D eigenvalue weighted by molar-refractivity contribution is 6.32. The van der Waals surface area contributed by atoms with Crippen LogP contribution in [0.25, 0.3) is 5.69 Å². The zero-order valence-corrected chi connectivity index (χ0v) is 20.6. The molecule has 190 valence electrons. The summed E-state index contributed by atoms with van der Waals surface area (Å²) >= 11 is 6.36. The van der Waals surface area contributed by atoms with E-state index >= 15 is 0 Å². The van der Waals surface area contributed by atoms with Gasteiger partial charge in [0.05, 0.1) is 10.7 Å². The number of hydrogen-bond donors (Lipinski definition) is 4. The van der Waals surface area contributed by atoms with Gasteiger partial charge in [0.2, 0.25) is 5.88 Å². The van der Waals surface area contributed by atoms with E-state index in [1.165, 1.54) is 36.2 Å². The van der Waals surface area contributed by atoms with Crippen molar-refractivity contribution in [2.75, 3.05) is 29.7 Å². The summed E-state index contributed by atoms with van der Waals surface area (Å²) in [4.78, 5) is 28.4. The molecule has 2 aromatic carbocycles. The molecule has 0 fully saturated rings. The van der Waals surface area contributed by atoms with Gasteiger partial charge in [-0.25, -0.2) is 14.5 Å². The SMILES string of the molecule is COCC(=O)Nc1cc(Oc2ccc(NC(=O)Nc3cc(O)nn3-c3ccc(C)cc3)cc2Cl)ccn1. The molecule has 3 amide bonds. The summed E-state index contributed by atoms with van der Waals surface area (Å²) in [5.41, 5.74) is 2.14. The fourth-order valence-electron chi connectivity index (χ4n) is 3.26. The van der Waals surface area contributed by atoms with Crippen LogP contribution in [0.1, 0.15) is 5.56 Å². The molecule has 4 N–H and O–H groups in total. The second kappa shape index (κ2) is 11.4. The summed E-state index contributed by atoms with van der Waals surface area (Å²) in [5, 5.41) is 22.1. The molecule has 0 saturated heterocycles. The molecule has 0 radical (unpaired) electrons. The number of nitrogens with one attached hydrogen (secondary N) is 3. The summed E-state index contributed by atoms with van der Waals surface area (Å²) in [6.07, 6.45) is 1.48. The van der Waals surface area contributed by atoms with Gasteiger partial charge in [0.25, 0.3) is 5.91 Å². The number of urea groups is 1. The highest BCUT2D eigenvalue weighted by Crippen LogP contribution is 2.32. The van der Waals surface area contributed by atoms with E-state index < -0.39 is 6.03 Å². The third-order valence-electron chi connectivity index (χ3n) is 4.91. The van der Waals surface area contributed by atoms with Crippen LogP contribution in [0.3, 0.4) is 0 Å². The van der Waals surface area contributed by atoms with Crippen molar-refractivity contribution in [3.63, 3.8) is 0 Å². The number of rotatable bonds is 8. The van der Waals surface area contributed by atoms with Gasteiger partial charge in [0.15, 0.2) is 0 Å². The minimum Gasteiger partial charge on any atom is -0.492 e. The van der Waals surface area contributed by atoms with Gasteiger partial charge < -0.3 is 25.2 Å². The molecule has 0 unspecified atom stereocenters. The topological polar surface area (TPSA) is 140 Å². The average Bonchev–Trinajstić information content (AvgIpc) is 3.21. The van der Waals surface area contributed by atoms with E-state index in [0.29, 0.717) is 28.7 Å². The number of hydrogen-bond acceptors (Lipinski definition) is 7. The second-order valence-electron chi connectivity index (χ2n) is 7.82. The third kappa shape index (κ3) is 6.75. The first-order valence-corrected chi connectivity index (χ1v) is 11.3. The van der Waals surface area contributed by atoms with Crippen LogP contribution < -0.4 is 20.7 Å². The average molecular weight is 523 g/mol. The first-order chi connectivity index (χ1) is 17.8. The number of methoxy groups -OCH3 is 1. The van der Waals surface area contributed by atoms with Crippen molar-refractivity contribution in [1.29, 1.82) is 0 Å². The zero-order valence-electron chi connectivity index (χ0n) is 19.9. The highest BCUT2D eigenvalue weighted by atomic mass is 35.5.